The van der Waals surface area contributed by atoms with Gasteiger partial charge in [-0.05, 0) is 18.6 Å². The monoisotopic (exact) mass is 358 g/mol. The number of hydrogen-bond acceptors (Lipinski definition) is 5. The van der Waals surface area contributed by atoms with E-state index in [1.54, 1.807) is 30.3 Å². The Balaban J connectivity index is 1.96. The fraction of sp³-hybridized carbons (Fsp3) is 0.500. The van der Waals surface area contributed by atoms with E-state index in [9.17, 15) is 18.4 Å². The molecule has 1 unspecified atom stereocenters. The molecule has 0 radical (unpaired) electrons. The van der Waals surface area contributed by atoms with Crippen molar-refractivity contribution in [1.82, 2.24) is 4.90 Å². The molecule has 1 aliphatic rings. The third-order valence-corrected chi connectivity index (χ3v) is 3.72. The van der Waals surface area contributed by atoms with Crippen molar-refractivity contribution in [1.29, 1.82) is 0 Å². The van der Waals surface area contributed by atoms with Crippen LogP contribution in [0.15, 0.2) is 30.3 Å². The highest BCUT2D eigenvalue weighted by molar-refractivity contribution is 5.89. The smallest absolute Gasteiger partial charge is 0.338 e. The van der Waals surface area contributed by atoms with Crippen LogP contribution in [-0.4, -0.2) is 60.0 Å². The SMILES string of the molecule is NC(=O)N(CCCO)[C@@H]1OC(COC(=O)c2ccccc2)CC1(F)F. The molecule has 0 aliphatic carbocycles. The molecule has 1 aromatic carbocycles. The van der Waals surface area contributed by atoms with Gasteiger partial charge in [-0.2, -0.15) is 0 Å². The Bertz CT molecular complexity index is 599. The van der Waals surface area contributed by atoms with Gasteiger partial charge in [0.1, 0.15) is 12.7 Å². The second-order valence-corrected chi connectivity index (χ2v) is 5.65. The molecule has 2 amide bonds. The third-order valence-electron chi connectivity index (χ3n) is 3.72. The zero-order chi connectivity index (χ0) is 18.4. The predicted molar refractivity (Wildman–Crippen MR) is 82.9 cm³/mol. The first-order valence-corrected chi connectivity index (χ1v) is 7.77. The van der Waals surface area contributed by atoms with Crippen molar-refractivity contribution in [2.45, 2.75) is 31.1 Å². The van der Waals surface area contributed by atoms with Gasteiger partial charge in [0.25, 0.3) is 5.92 Å². The number of esters is 1. The van der Waals surface area contributed by atoms with Crippen LogP contribution < -0.4 is 5.73 Å². The summed E-state index contributed by atoms with van der Waals surface area (Å²) >= 11 is 0. The fourth-order valence-corrected chi connectivity index (χ4v) is 2.54. The maximum Gasteiger partial charge on any atom is 0.338 e. The van der Waals surface area contributed by atoms with Crippen LogP contribution in [0.2, 0.25) is 0 Å². The molecule has 0 saturated carbocycles. The fourth-order valence-electron chi connectivity index (χ4n) is 2.54. The molecule has 1 aliphatic heterocycles. The summed E-state index contributed by atoms with van der Waals surface area (Å²) in [5, 5.41) is 8.81. The highest BCUT2D eigenvalue weighted by atomic mass is 19.3. The van der Waals surface area contributed by atoms with E-state index in [-0.39, 0.29) is 26.2 Å². The maximum absolute atomic E-state index is 14.2. The molecule has 1 fully saturated rings. The number of aliphatic hydroxyl groups is 1. The van der Waals surface area contributed by atoms with E-state index >= 15 is 0 Å². The summed E-state index contributed by atoms with van der Waals surface area (Å²) in [6.45, 7) is -0.810. The van der Waals surface area contributed by atoms with Crippen LogP contribution in [0.3, 0.4) is 0 Å². The zero-order valence-corrected chi connectivity index (χ0v) is 13.4. The summed E-state index contributed by atoms with van der Waals surface area (Å²) in [6, 6.07) is 7.04. The number of ether oxygens (including phenoxy) is 2. The highest BCUT2D eigenvalue weighted by Crippen LogP contribution is 2.37. The van der Waals surface area contributed by atoms with E-state index in [2.05, 4.69) is 0 Å². The van der Waals surface area contributed by atoms with Gasteiger partial charge in [0.05, 0.1) is 5.56 Å². The second kappa shape index (κ2) is 8.21. The number of rotatable bonds is 7. The summed E-state index contributed by atoms with van der Waals surface area (Å²) in [5.41, 5.74) is 5.43. The van der Waals surface area contributed by atoms with Crippen molar-refractivity contribution < 1.29 is 33.0 Å². The average molecular weight is 358 g/mol. The Hall–Kier alpha value is -2.26. The van der Waals surface area contributed by atoms with Crippen molar-refractivity contribution in [3.05, 3.63) is 35.9 Å². The molecule has 7 nitrogen and oxygen atoms in total. The Morgan fingerprint density at radius 3 is 2.64 bits per heavy atom. The standard InChI is InChI=1S/C16H20F2N2O5/c17-16(18)9-12(10-24-13(22)11-5-2-1-3-6-11)25-14(16)20(15(19)23)7-4-8-21/h1-3,5-6,12,14,21H,4,7-10H2,(H2,19,23)/t12?,14-/m1/s1. The van der Waals surface area contributed by atoms with Gasteiger partial charge in [-0.3, -0.25) is 4.90 Å². The largest absolute Gasteiger partial charge is 0.459 e. The molecule has 138 valence electrons. The van der Waals surface area contributed by atoms with Crippen molar-refractivity contribution >= 4 is 12.0 Å². The van der Waals surface area contributed by atoms with Crippen molar-refractivity contribution in [2.75, 3.05) is 19.8 Å². The molecular weight excluding hydrogens is 338 g/mol. The number of primary amides is 1. The molecule has 9 heteroatoms. The van der Waals surface area contributed by atoms with Gasteiger partial charge in [0.2, 0.25) is 0 Å². The van der Waals surface area contributed by atoms with Crippen LogP contribution >= 0.6 is 0 Å². The number of halogens is 2. The lowest BCUT2D eigenvalue weighted by Crippen LogP contribution is -2.51. The predicted octanol–water partition coefficient (Wildman–Crippen LogP) is 1.36. The molecule has 2 atom stereocenters. The Morgan fingerprint density at radius 1 is 1.36 bits per heavy atom. The molecule has 0 aromatic heterocycles. The first-order valence-electron chi connectivity index (χ1n) is 7.77. The Labute approximate surface area is 143 Å². The van der Waals surface area contributed by atoms with Crippen molar-refractivity contribution in [2.24, 2.45) is 5.73 Å². The molecule has 0 bridgehead atoms. The van der Waals surface area contributed by atoms with Gasteiger partial charge < -0.3 is 20.3 Å². The lowest BCUT2D eigenvalue weighted by atomic mass is 10.1. The summed E-state index contributed by atoms with van der Waals surface area (Å²) in [6.07, 6.45) is -3.53. The Kier molecular flexibility index (Phi) is 6.27. The highest BCUT2D eigenvalue weighted by Gasteiger charge is 2.54. The third kappa shape index (κ3) is 4.86. The summed E-state index contributed by atoms with van der Waals surface area (Å²) in [4.78, 5) is 23.9. The summed E-state index contributed by atoms with van der Waals surface area (Å²) < 4.78 is 38.5. The van der Waals surface area contributed by atoms with E-state index < -0.39 is 36.7 Å². The summed E-state index contributed by atoms with van der Waals surface area (Å²) in [7, 11) is 0. The lowest BCUT2D eigenvalue weighted by molar-refractivity contribution is -0.138. The Morgan fingerprint density at radius 2 is 2.04 bits per heavy atom. The number of amides is 2. The number of urea groups is 1. The molecule has 25 heavy (non-hydrogen) atoms. The van der Waals surface area contributed by atoms with Crippen molar-refractivity contribution in [3.8, 4) is 0 Å². The molecular formula is C16H20F2N2O5. The first-order chi connectivity index (χ1) is 11.8. The minimum Gasteiger partial charge on any atom is -0.459 e. The van der Waals surface area contributed by atoms with Gasteiger partial charge >= 0.3 is 12.0 Å². The van der Waals surface area contributed by atoms with Crippen LogP contribution in [-0.2, 0) is 9.47 Å². The van der Waals surface area contributed by atoms with Gasteiger partial charge in [-0.15, -0.1) is 0 Å². The number of carbonyl (C=O) groups is 2. The number of nitrogens with two attached hydrogens (primary N) is 1. The van der Waals surface area contributed by atoms with Gasteiger partial charge in [0.15, 0.2) is 6.23 Å². The lowest BCUT2D eigenvalue weighted by Gasteiger charge is -2.30. The van der Waals surface area contributed by atoms with E-state index in [1.165, 1.54) is 0 Å². The number of hydrogen-bond donors (Lipinski definition) is 2. The topological polar surface area (TPSA) is 102 Å². The molecule has 0 spiro atoms. The van der Waals surface area contributed by atoms with Crippen molar-refractivity contribution in [3.63, 3.8) is 0 Å². The van der Waals surface area contributed by atoms with Crippen LogP contribution in [0.1, 0.15) is 23.2 Å². The van der Waals surface area contributed by atoms with Crippen LogP contribution in [0.25, 0.3) is 0 Å². The second-order valence-electron chi connectivity index (χ2n) is 5.65. The minimum absolute atomic E-state index is 0.0898. The van der Waals surface area contributed by atoms with Crippen LogP contribution in [0, 0.1) is 0 Å². The maximum atomic E-state index is 14.2. The number of aliphatic hydroxyl groups excluding tert-OH is 1. The molecule has 1 saturated heterocycles. The minimum atomic E-state index is -3.34. The molecule has 1 aromatic rings. The van der Waals surface area contributed by atoms with Gasteiger partial charge in [0, 0.05) is 19.6 Å². The van der Waals surface area contributed by atoms with Crippen LogP contribution in [0.4, 0.5) is 13.6 Å². The molecule has 2 rings (SSSR count). The number of nitrogens with zero attached hydrogens (tertiary/aromatic N) is 1. The van der Waals surface area contributed by atoms with E-state index in [0.29, 0.717) is 10.5 Å². The molecule has 3 N–H and O–H groups in total. The van der Waals surface area contributed by atoms with E-state index in [1.807, 2.05) is 0 Å². The zero-order valence-electron chi connectivity index (χ0n) is 13.4. The number of alkyl halides is 2. The first kappa shape index (κ1) is 19.1. The van der Waals surface area contributed by atoms with E-state index in [0.717, 1.165) is 0 Å². The molecule has 1 heterocycles. The number of carbonyl (C=O) groups excluding carboxylic acids is 2. The van der Waals surface area contributed by atoms with Gasteiger partial charge in [-0.1, -0.05) is 18.2 Å². The quantitative estimate of drug-likeness (QED) is 0.717. The number of benzene rings is 1. The van der Waals surface area contributed by atoms with Crippen LogP contribution in [0.5, 0.6) is 0 Å². The summed E-state index contributed by atoms with van der Waals surface area (Å²) in [5.74, 6) is -3.99. The van der Waals surface area contributed by atoms with E-state index in [4.69, 9.17) is 20.3 Å². The normalized spacial score (nSPS) is 21.7. The van der Waals surface area contributed by atoms with Gasteiger partial charge in [-0.25, -0.2) is 18.4 Å². The average Bonchev–Trinajstić information content (AvgIpc) is 2.88.